The number of ether oxygens (including phenoxy) is 5. The highest BCUT2D eigenvalue weighted by Crippen LogP contribution is 2.39. The summed E-state index contributed by atoms with van der Waals surface area (Å²) in [5.74, 6) is 1.80. The summed E-state index contributed by atoms with van der Waals surface area (Å²) in [7, 11) is 4.69. The smallest absolute Gasteiger partial charge is 0.251 e. The zero-order valence-corrected chi connectivity index (χ0v) is 19.1. The molecule has 0 spiro atoms. The molecule has 0 unspecified atom stereocenters. The van der Waals surface area contributed by atoms with E-state index in [9.17, 15) is 4.79 Å². The predicted octanol–water partition coefficient (Wildman–Crippen LogP) is 4.24. The van der Waals surface area contributed by atoms with Gasteiger partial charge in [0.2, 0.25) is 5.75 Å². The number of methoxy groups -OCH3 is 3. The van der Waals surface area contributed by atoms with Crippen molar-refractivity contribution in [2.75, 3.05) is 34.5 Å². The van der Waals surface area contributed by atoms with E-state index in [0.717, 1.165) is 16.9 Å². The SMILES string of the molecule is COCCOc1ccc(CNC(=O)c2cc(OC)c(OCc3ccccc3)c(OC)c2)cc1. The van der Waals surface area contributed by atoms with Gasteiger partial charge in [0.15, 0.2) is 11.5 Å². The number of carbonyl (C=O) groups is 1. The van der Waals surface area contributed by atoms with Crippen molar-refractivity contribution < 1.29 is 28.5 Å². The van der Waals surface area contributed by atoms with Gasteiger partial charge in [-0.2, -0.15) is 0 Å². The van der Waals surface area contributed by atoms with Crippen molar-refractivity contribution in [1.82, 2.24) is 5.32 Å². The topological polar surface area (TPSA) is 75.3 Å². The van der Waals surface area contributed by atoms with Gasteiger partial charge in [0.25, 0.3) is 5.91 Å². The molecule has 174 valence electrons. The molecule has 0 atom stereocenters. The number of nitrogens with one attached hydrogen (secondary N) is 1. The second-order valence-electron chi connectivity index (χ2n) is 7.15. The molecule has 1 amide bonds. The summed E-state index contributed by atoms with van der Waals surface area (Å²) in [6.45, 7) is 1.74. The number of hydrogen-bond donors (Lipinski definition) is 1. The summed E-state index contributed by atoms with van der Waals surface area (Å²) >= 11 is 0. The Morgan fingerprint density at radius 3 is 2.06 bits per heavy atom. The quantitative estimate of drug-likeness (QED) is 0.415. The summed E-state index contributed by atoms with van der Waals surface area (Å²) in [6.07, 6.45) is 0. The fourth-order valence-electron chi connectivity index (χ4n) is 3.11. The molecule has 0 saturated heterocycles. The predicted molar refractivity (Wildman–Crippen MR) is 125 cm³/mol. The molecule has 0 aromatic heterocycles. The fraction of sp³-hybridized carbons (Fsp3) is 0.269. The molecule has 0 saturated carbocycles. The lowest BCUT2D eigenvalue weighted by atomic mass is 10.1. The largest absolute Gasteiger partial charge is 0.493 e. The zero-order valence-electron chi connectivity index (χ0n) is 19.1. The molecule has 33 heavy (non-hydrogen) atoms. The van der Waals surface area contributed by atoms with E-state index in [2.05, 4.69) is 5.32 Å². The van der Waals surface area contributed by atoms with Crippen LogP contribution >= 0.6 is 0 Å². The van der Waals surface area contributed by atoms with Gasteiger partial charge in [-0.25, -0.2) is 0 Å². The Balaban J connectivity index is 1.65. The molecule has 7 nitrogen and oxygen atoms in total. The number of amides is 1. The monoisotopic (exact) mass is 451 g/mol. The Morgan fingerprint density at radius 1 is 0.788 bits per heavy atom. The van der Waals surface area contributed by atoms with Crippen LogP contribution in [-0.2, 0) is 17.9 Å². The molecule has 0 fully saturated rings. The van der Waals surface area contributed by atoms with Gasteiger partial charge in [-0.05, 0) is 35.4 Å². The van der Waals surface area contributed by atoms with Crippen LogP contribution < -0.4 is 24.3 Å². The average molecular weight is 452 g/mol. The Bertz CT molecular complexity index is 996. The van der Waals surface area contributed by atoms with Gasteiger partial charge < -0.3 is 29.0 Å². The lowest BCUT2D eigenvalue weighted by Gasteiger charge is -2.16. The molecular formula is C26H29NO6. The molecule has 7 heteroatoms. The van der Waals surface area contributed by atoms with E-state index in [0.29, 0.717) is 49.2 Å². The van der Waals surface area contributed by atoms with Gasteiger partial charge in [-0.1, -0.05) is 42.5 Å². The van der Waals surface area contributed by atoms with Crippen molar-refractivity contribution in [3.05, 3.63) is 83.4 Å². The first-order valence-electron chi connectivity index (χ1n) is 10.6. The molecule has 3 rings (SSSR count). The van der Waals surface area contributed by atoms with E-state index in [1.165, 1.54) is 14.2 Å². The Morgan fingerprint density at radius 2 is 1.45 bits per heavy atom. The van der Waals surface area contributed by atoms with Crippen LogP contribution in [0.1, 0.15) is 21.5 Å². The molecule has 0 radical (unpaired) electrons. The van der Waals surface area contributed by atoms with Crippen LogP contribution in [0.25, 0.3) is 0 Å². The van der Waals surface area contributed by atoms with Crippen LogP contribution in [-0.4, -0.2) is 40.5 Å². The van der Waals surface area contributed by atoms with Gasteiger partial charge in [0, 0.05) is 19.2 Å². The third-order valence-corrected chi connectivity index (χ3v) is 4.88. The average Bonchev–Trinajstić information content (AvgIpc) is 2.87. The van der Waals surface area contributed by atoms with Crippen molar-refractivity contribution in [3.63, 3.8) is 0 Å². The van der Waals surface area contributed by atoms with Gasteiger partial charge in [-0.15, -0.1) is 0 Å². The highest BCUT2D eigenvalue weighted by molar-refractivity contribution is 5.95. The van der Waals surface area contributed by atoms with Crippen LogP contribution in [0.5, 0.6) is 23.0 Å². The minimum Gasteiger partial charge on any atom is -0.493 e. The first kappa shape index (κ1) is 23.9. The van der Waals surface area contributed by atoms with Gasteiger partial charge in [0.1, 0.15) is 19.0 Å². The number of benzene rings is 3. The Labute approximate surface area is 194 Å². The van der Waals surface area contributed by atoms with Crippen molar-refractivity contribution in [3.8, 4) is 23.0 Å². The molecule has 0 aliphatic carbocycles. The van der Waals surface area contributed by atoms with Crippen molar-refractivity contribution in [1.29, 1.82) is 0 Å². The summed E-state index contributed by atoms with van der Waals surface area (Å²) in [5.41, 5.74) is 2.37. The maximum Gasteiger partial charge on any atom is 0.251 e. The summed E-state index contributed by atoms with van der Waals surface area (Å²) in [5, 5.41) is 2.92. The normalized spacial score (nSPS) is 10.4. The minimum absolute atomic E-state index is 0.248. The lowest BCUT2D eigenvalue weighted by molar-refractivity contribution is 0.0950. The molecule has 0 heterocycles. The molecule has 3 aromatic rings. The van der Waals surface area contributed by atoms with E-state index < -0.39 is 0 Å². The highest BCUT2D eigenvalue weighted by Gasteiger charge is 2.18. The van der Waals surface area contributed by atoms with Gasteiger partial charge in [0.05, 0.1) is 20.8 Å². The van der Waals surface area contributed by atoms with Crippen LogP contribution in [0.2, 0.25) is 0 Å². The highest BCUT2D eigenvalue weighted by atomic mass is 16.5. The maximum absolute atomic E-state index is 12.8. The molecule has 0 bridgehead atoms. The van der Waals surface area contributed by atoms with Crippen LogP contribution in [0.15, 0.2) is 66.7 Å². The maximum atomic E-state index is 12.8. The Hall–Kier alpha value is -3.71. The second-order valence-corrected chi connectivity index (χ2v) is 7.15. The van der Waals surface area contributed by atoms with Crippen molar-refractivity contribution in [2.24, 2.45) is 0 Å². The first-order valence-corrected chi connectivity index (χ1v) is 10.6. The molecule has 0 aliphatic rings. The summed E-state index contributed by atoms with van der Waals surface area (Å²) < 4.78 is 27.4. The van der Waals surface area contributed by atoms with E-state index >= 15 is 0 Å². The lowest BCUT2D eigenvalue weighted by Crippen LogP contribution is -2.23. The molecule has 1 N–H and O–H groups in total. The molecular weight excluding hydrogens is 422 g/mol. The van der Waals surface area contributed by atoms with Crippen LogP contribution in [0.4, 0.5) is 0 Å². The molecule has 3 aromatic carbocycles. The summed E-state index contributed by atoms with van der Waals surface area (Å²) in [6, 6.07) is 20.6. The van der Waals surface area contributed by atoms with Gasteiger partial charge >= 0.3 is 0 Å². The van der Waals surface area contributed by atoms with E-state index in [1.54, 1.807) is 19.2 Å². The Kier molecular flexibility index (Phi) is 8.97. The summed E-state index contributed by atoms with van der Waals surface area (Å²) in [4.78, 5) is 12.8. The van der Waals surface area contributed by atoms with E-state index in [1.807, 2.05) is 54.6 Å². The van der Waals surface area contributed by atoms with Gasteiger partial charge in [-0.3, -0.25) is 4.79 Å². The standard InChI is InChI=1S/C26H29NO6/c1-29-13-14-32-22-11-9-19(10-12-22)17-27-26(28)21-15-23(30-2)25(24(16-21)31-3)33-18-20-7-5-4-6-8-20/h4-12,15-16H,13-14,17-18H2,1-3H3,(H,27,28). The minimum atomic E-state index is -0.248. The number of carbonyl (C=O) groups excluding carboxylic acids is 1. The number of rotatable bonds is 12. The number of hydrogen-bond acceptors (Lipinski definition) is 6. The first-order chi connectivity index (χ1) is 16.1. The van der Waals surface area contributed by atoms with Crippen molar-refractivity contribution in [2.45, 2.75) is 13.2 Å². The fourth-order valence-corrected chi connectivity index (χ4v) is 3.11. The second kappa shape index (κ2) is 12.4. The van der Waals surface area contributed by atoms with E-state index in [4.69, 9.17) is 23.7 Å². The van der Waals surface area contributed by atoms with E-state index in [-0.39, 0.29) is 5.91 Å². The van der Waals surface area contributed by atoms with Crippen LogP contribution in [0.3, 0.4) is 0 Å². The third-order valence-electron chi connectivity index (χ3n) is 4.88. The molecule has 0 aliphatic heterocycles. The third kappa shape index (κ3) is 6.89. The van der Waals surface area contributed by atoms with Crippen molar-refractivity contribution >= 4 is 5.91 Å². The zero-order chi connectivity index (χ0) is 23.5. The van der Waals surface area contributed by atoms with Crippen LogP contribution in [0, 0.1) is 0 Å².